The fraction of sp³-hybridized carbons (Fsp3) is 0.544. The van der Waals surface area contributed by atoms with Crippen LogP contribution < -0.4 is 16.0 Å². The van der Waals surface area contributed by atoms with Crippen LogP contribution in [-0.4, -0.2) is 104 Å². The number of aliphatic hydroxyl groups is 1. The van der Waals surface area contributed by atoms with Gasteiger partial charge in [0.25, 0.3) is 0 Å². The Morgan fingerprint density at radius 3 is 1.28 bits per heavy atom. The number of hydrogen-bond acceptors (Lipinski definition) is 10. The van der Waals surface area contributed by atoms with E-state index in [4.69, 9.17) is 14.2 Å². The van der Waals surface area contributed by atoms with Crippen molar-refractivity contribution in [2.75, 3.05) is 81.9 Å². The van der Waals surface area contributed by atoms with Crippen molar-refractivity contribution in [1.29, 1.82) is 0 Å². The van der Waals surface area contributed by atoms with Gasteiger partial charge in [-0.3, -0.25) is 14.4 Å². The molecule has 9 rings (SSSR count). The zero-order chi connectivity index (χ0) is 70.8. The van der Waals surface area contributed by atoms with Gasteiger partial charge in [-0.1, -0.05) is 254 Å². The van der Waals surface area contributed by atoms with E-state index in [1.165, 1.54) is 131 Å². The van der Waals surface area contributed by atoms with Gasteiger partial charge < -0.3 is 35.3 Å². The number of allylic oxidation sites excluding steroid dienone is 1. The molecule has 3 aliphatic rings. The maximum atomic E-state index is 13.4. The highest BCUT2D eigenvalue weighted by Gasteiger charge is 2.33. The molecule has 10 nitrogen and oxygen atoms in total. The quantitative estimate of drug-likeness (QED) is 0.0217. The number of benzene rings is 6. The molecule has 568 valence electrons. The predicted octanol–water partition coefficient (Wildman–Crippen LogP) is 20.4. The summed E-state index contributed by atoms with van der Waals surface area (Å²) in [6.45, 7) is 4.94. The molecule has 6 aromatic rings. The minimum absolute atomic E-state index is 0. The van der Waals surface area contributed by atoms with Crippen LogP contribution in [0.4, 0.5) is 0 Å². The summed E-state index contributed by atoms with van der Waals surface area (Å²) in [7, 11) is 11.2. The molecular weight excluding hydrogens is 1330 g/mol. The molecule has 5 atom stereocenters. The highest BCUT2D eigenvalue weighted by molar-refractivity contribution is 7.59. The first-order valence-corrected chi connectivity index (χ1v) is 38.9. The zero-order valence-corrected chi connectivity index (χ0v) is 66.9. The van der Waals surface area contributed by atoms with E-state index in [1.807, 2.05) is 100 Å². The molecule has 0 aliphatic heterocycles. The monoisotopic (exact) mass is 1460 g/mol. The normalized spacial score (nSPS) is 16.1. The average Bonchev–Trinajstić information content (AvgIpc) is 0.793. The van der Waals surface area contributed by atoms with Crippen molar-refractivity contribution < 1.29 is 33.7 Å². The van der Waals surface area contributed by atoms with E-state index >= 15 is 0 Å². The van der Waals surface area contributed by atoms with E-state index in [9.17, 15) is 19.5 Å². The van der Waals surface area contributed by atoms with Gasteiger partial charge in [-0.05, 0) is 198 Å². The van der Waals surface area contributed by atoms with Gasteiger partial charge in [-0.2, -0.15) is 40.5 Å². The van der Waals surface area contributed by atoms with Crippen LogP contribution in [0.2, 0.25) is 0 Å². The summed E-state index contributed by atoms with van der Waals surface area (Å²) in [4.78, 5) is 40.0. The zero-order valence-electron chi connectivity index (χ0n) is 63.9. The van der Waals surface area contributed by atoms with Gasteiger partial charge in [0.2, 0.25) is 0 Å². The molecule has 0 radical (unpaired) electrons. The van der Waals surface area contributed by atoms with E-state index in [0.29, 0.717) is 67.3 Å². The second-order valence-electron chi connectivity index (χ2n) is 29.4. The second kappa shape index (κ2) is 52.8. The Kier molecular flexibility index (Phi) is 46.2. The van der Waals surface area contributed by atoms with Crippen molar-refractivity contribution in [3.63, 3.8) is 0 Å². The van der Waals surface area contributed by atoms with Gasteiger partial charge in [-0.15, -0.1) is 0 Å². The van der Waals surface area contributed by atoms with Crippen LogP contribution in [0, 0.1) is 35.5 Å². The van der Waals surface area contributed by atoms with Crippen molar-refractivity contribution in [3.8, 4) is 0 Å². The van der Waals surface area contributed by atoms with Crippen molar-refractivity contribution in [1.82, 2.24) is 16.0 Å². The number of hydrogen-bond donors (Lipinski definition) is 4. The van der Waals surface area contributed by atoms with Crippen LogP contribution in [-0.2, 0) is 19.8 Å². The van der Waals surface area contributed by atoms with Gasteiger partial charge in [0.1, 0.15) is 5.60 Å². The molecular formula is C90H133N3O7S3. The van der Waals surface area contributed by atoms with Crippen molar-refractivity contribution in [2.45, 2.75) is 198 Å². The summed E-state index contributed by atoms with van der Waals surface area (Å²) in [6.07, 6.45) is 35.2. The number of nitrogens with one attached hydrogen (secondary N) is 3. The Bertz CT molecular complexity index is 3250. The summed E-state index contributed by atoms with van der Waals surface area (Å²) in [5.74, 6) is 4.56. The Labute approximate surface area is 644 Å². The number of ether oxygens (including phenoxy) is 3. The molecule has 2 unspecified atom stereocenters. The minimum Gasteiger partial charge on any atom is -0.385 e. The smallest absolute Gasteiger partial charge is 0.163 e. The maximum absolute atomic E-state index is 13.4. The predicted molar refractivity (Wildman–Crippen MR) is 447 cm³/mol. The largest absolute Gasteiger partial charge is 0.385 e. The summed E-state index contributed by atoms with van der Waals surface area (Å²) < 4.78 is 15.7. The van der Waals surface area contributed by atoms with Gasteiger partial charge in [-0.25, -0.2) is 0 Å². The molecule has 4 N–H and O–H groups in total. The van der Waals surface area contributed by atoms with Gasteiger partial charge in [0.15, 0.2) is 17.3 Å². The standard InChI is InChI=1S/C30H43NO3.C30H43NO2.C30H41NO2.3H2S/c1-31-23-25(20-24-12-5-3-6-13-24)21-29(32)26-14-11-17-28(22-26)30(33,18-9-10-19-34-2)27-15-7-4-8-16-27;2*1-31-23-25(20-24-12-5-3-6-13-24)21-30(32)28-17-11-16-27(22-28)29(18-9-10-19-33-2)26-14-7-4-8-15-26;;;/h4,7-8,11,14-17,22,24-25,31,33H,3,5-6,9-10,12-13,18-21,23H2,1-2H3;4,7-8,11,14-17,22,24-25,29,31H,3,5-6,9-10,12-13,18-21,23H2,1-2H3;4,7-8,11,14-18,22,24-25,31H,3,5-6,9-10,12-13,19-21,23H2,1-2H3;3*1H2/t25-,30?;25-,29?;25-;;;/m111.../s1. The molecule has 0 aromatic heterocycles. The highest BCUT2D eigenvalue weighted by Crippen LogP contribution is 2.38. The Hall–Kier alpha value is -5.16. The molecule has 3 fully saturated rings. The minimum atomic E-state index is -1.13. The lowest BCUT2D eigenvalue weighted by Gasteiger charge is -2.30. The molecule has 3 saturated carbocycles. The third-order valence-corrected chi connectivity index (χ3v) is 21.5. The lowest BCUT2D eigenvalue weighted by atomic mass is 9.80. The molecule has 3 aliphatic carbocycles. The second-order valence-corrected chi connectivity index (χ2v) is 29.4. The fourth-order valence-electron chi connectivity index (χ4n) is 16.2. The fourth-order valence-corrected chi connectivity index (χ4v) is 16.2. The highest BCUT2D eigenvalue weighted by atomic mass is 32.1. The number of carbonyl (C=O) groups is 3. The van der Waals surface area contributed by atoms with Crippen molar-refractivity contribution in [3.05, 3.63) is 220 Å². The maximum Gasteiger partial charge on any atom is 0.163 e. The number of methoxy groups -OCH3 is 3. The van der Waals surface area contributed by atoms with E-state index in [-0.39, 0.29) is 52.1 Å². The molecule has 0 spiro atoms. The van der Waals surface area contributed by atoms with Crippen LogP contribution in [0.5, 0.6) is 0 Å². The van der Waals surface area contributed by atoms with Crippen LogP contribution in [0.25, 0.3) is 5.57 Å². The van der Waals surface area contributed by atoms with E-state index in [0.717, 1.165) is 130 Å². The van der Waals surface area contributed by atoms with E-state index in [2.05, 4.69) is 107 Å². The van der Waals surface area contributed by atoms with Gasteiger partial charge >= 0.3 is 0 Å². The summed E-state index contributed by atoms with van der Waals surface area (Å²) in [5, 5.41) is 21.8. The van der Waals surface area contributed by atoms with Gasteiger partial charge in [0.05, 0.1) is 0 Å². The first kappa shape index (κ1) is 90.2. The molecule has 6 aromatic carbocycles. The Morgan fingerprint density at radius 1 is 0.427 bits per heavy atom. The average molecular weight is 1470 g/mol. The number of ketones is 3. The summed E-state index contributed by atoms with van der Waals surface area (Å²) in [6, 6.07) is 55.3. The Morgan fingerprint density at radius 2 is 0.806 bits per heavy atom. The molecule has 13 heteroatoms. The van der Waals surface area contributed by atoms with E-state index < -0.39 is 5.60 Å². The topological polar surface area (TPSA) is 135 Å². The summed E-state index contributed by atoms with van der Waals surface area (Å²) >= 11 is 0. The van der Waals surface area contributed by atoms with Crippen molar-refractivity contribution in [2.24, 2.45) is 35.5 Å². The van der Waals surface area contributed by atoms with E-state index in [1.54, 1.807) is 21.3 Å². The van der Waals surface area contributed by atoms with Gasteiger partial charge in [0, 0.05) is 83.0 Å². The first-order chi connectivity index (χ1) is 49.0. The Balaban J connectivity index is 0.000000323. The number of Topliss-reactive ketones (excluding diaryl/α,β-unsaturated/α-hetero) is 3. The van der Waals surface area contributed by atoms with Crippen molar-refractivity contribution >= 4 is 63.4 Å². The number of carbonyl (C=O) groups excluding carboxylic acids is 3. The molecule has 0 heterocycles. The lowest BCUT2D eigenvalue weighted by Crippen LogP contribution is -2.28. The number of rotatable bonds is 41. The molecule has 0 amide bonds. The van der Waals surface area contributed by atoms with Crippen LogP contribution in [0.3, 0.4) is 0 Å². The van der Waals surface area contributed by atoms with Crippen LogP contribution in [0.15, 0.2) is 170 Å². The third kappa shape index (κ3) is 32.1. The molecule has 103 heavy (non-hydrogen) atoms. The summed E-state index contributed by atoms with van der Waals surface area (Å²) in [5.41, 5.74) is 8.99. The lowest BCUT2D eigenvalue weighted by molar-refractivity contribution is 0.0650. The van der Waals surface area contributed by atoms with Crippen LogP contribution in [0.1, 0.15) is 257 Å². The molecule has 0 bridgehead atoms. The first-order valence-electron chi connectivity index (χ1n) is 38.9. The third-order valence-electron chi connectivity index (χ3n) is 21.5. The number of unbranched alkanes of at least 4 members (excludes halogenated alkanes) is 3. The van der Waals surface area contributed by atoms with Crippen LogP contribution >= 0.6 is 40.5 Å². The SMILES string of the molecule is CNC[C@@H](CC(=O)c1cccc(C(=CCCCOC)c2ccccc2)c1)CC1CCCCC1.CNC[C@@H](CC(=O)c1cccc(C(CCCCOC)c2ccccc2)c1)CC1CCCCC1.CNC[C@@H](CC(=O)c1cccc(C(O)(CCCCOC)c2ccccc2)c1)CC1CCCCC1.S.S.S. The molecule has 0 saturated heterocycles.